The molecule has 0 amide bonds. The fraction of sp³-hybridized carbons (Fsp3) is 0.800. The Morgan fingerprint density at radius 2 is 2.00 bits per heavy atom. The summed E-state index contributed by atoms with van der Waals surface area (Å²) in [4.78, 5) is 22.5. The zero-order valence-electron chi connectivity index (χ0n) is 9.33. The molecule has 0 aromatic rings. The van der Waals surface area contributed by atoms with Gasteiger partial charge in [-0.15, -0.1) is 0 Å². The van der Waals surface area contributed by atoms with E-state index < -0.39 is 17.7 Å². The summed E-state index contributed by atoms with van der Waals surface area (Å²) in [5, 5.41) is 2.94. The molecule has 0 unspecified atom stereocenters. The summed E-state index contributed by atoms with van der Waals surface area (Å²) >= 11 is 0. The number of rotatable bonds is 1. The van der Waals surface area contributed by atoms with E-state index in [0.29, 0.717) is 6.42 Å². The Hall–Kier alpha value is -1.10. The molecule has 15 heavy (non-hydrogen) atoms. The van der Waals surface area contributed by atoms with Gasteiger partial charge in [0.25, 0.3) is 0 Å². The third-order valence-corrected chi connectivity index (χ3v) is 1.92. The normalized spacial score (nSPS) is 21.1. The van der Waals surface area contributed by atoms with Gasteiger partial charge in [0.1, 0.15) is 11.6 Å². The number of ether oxygens (including phenoxy) is 2. The van der Waals surface area contributed by atoms with Crippen molar-refractivity contribution in [2.75, 3.05) is 6.54 Å². The maximum absolute atomic E-state index is 11.4. The lowest BCUT2D eigenvalue weighted by Crippen LogP contribution is -2.35. The second kappa shape index (κ2) is 4.61. The highest BCUT2D eigenvalue weighted by Crippen LogP contribution is 2.11. The standard InChI is InChI=1S/C10H17NO4/c1-10(2,3)15-9(13)14-8(12)7-5-4-6-11-7/h7,11H,4-6H2,1-3H3/t7-/m0/s1. The Morgan fingerprint density at radius 1 is 1.33 bits per heavy atom. The second-order valence-corrected chi connectivity index (χ2v) is 4.53. The van der Waals surface area contributed by atoms with E-state index in [1.54, 1.807) is 20.8 Å². The molecule has 1 heterocycles. The molecule has 0 spiro atoms. The van der Waals surface area contributed by atoms with E-state index in [2.05, 4.69) is 10.1 Å². The average molecular weight is 215 g/mol. The summed E-state index contributed by atoms with van der Waals surface area (Å²) in [6, 6.07) is -0.363. The first-order chi connectivity index (χ1) is 6.88. The molecule has 1 aliphatic heterocycles. The maximum Gasteiger partial charge on any atom is 0.516 e. The first-order valence-electron chi connectivity index (χ1n) is 5.06. The molecule has 1 aliphatic rings. The molecule has 0 aliphatic carbocycles. The van der Waals surface area contributed by atoms with E-state index in [9.17, 15) is 9.59 Å². The molecule has 1 N–H and O–H groups in total. The third kappa shape index (κ3) is 4.29. The van der Waals surface area contributed by atoms with Crippen molar-refractivity contribution in [3.8, 4) is 0 Å². The van der Waals surface area contributed by atoms with Crippen molar-refractivity contribution < 1.29 is 19.1 Å². The lowest BCUT2D eigenvalue weighted by atomic mass is 10.2. The minimum atomic E-state index is -0.929. The van der Waals surface area contributed by atoms with Gasteiger partial charge in [-0.2, -0.15) is 0 Å². The van der Waals surface area contributed by atoms with E-state index in [1.165, 1.54) is 0 Å². The largest absolute Gasteiger partial charge is 0.516 e. The topological polar surface area (TPSA) is 64.6 Å². The molecule has 1 fully saturated rings. The summed E-state index contributed by atoms with van der Waals surface area (Å²) in [6.07, 6.45) is 0.705. The quantitative estimate of drug-likeness (QED) is 0.526. The third-order valence-electron chi connectivity index (χ3n) is 1.92. The van der Waals surface area contributed by atoms with Gasteiger partial charge in [0, 0.05) is 0 Å². The fourth-order valence-electron chi connectivity index (χ4n) is 1.31. The van der Waals surface area contributed by atoms with E-state index in [-0.39, 0.29) is 6.04 Å². The summed E-state index contributed by atoms with van der Waals surface area (Å²) in [6.45, 7) is 5.93. The van der Waals surface area contributed by atoms with Crippen LogP contribution in [0.5, 0.6) is 0 Å². The number of esters is 1. The summed E-state index contributed by atoms with van der Waals surface area (Å²) in [7, 11) is 0. The van der Waals surface area contributed by atoms with Crippen LogP contribution in [0.2, 0.25) is 0 Å². The van der Waals surface area contributed by atoms with Gasteiger partial charge in [0.2, 0.25) is 0 Å². The van der Waals surface area contributed by atoms with Crippen LogP contribution in [0.4, 0.5) is 4.79 Å². The predicted molar refractivity (Wildman–Crippen MR) is 53.4 cm³/mol. The van der Waals surface area contributed by atoms with Gasteiger partial charge in [0.15, 0.2) is 0 Å². The molecule has 0 saturated carbocycles. The Balaban J connectivity index is 2.34. The van der Waals surface area contributed by atoms with Gasteiger partial charge in [-0.25, -0.2) is 9.59 Å². The Kier molecular flexibility index (Phi) is 3.68. The SMILES string of the molecule is CC(C)(C)OC(=O)OC(=O)[C@@H]1CCCN1. The molecule has 5 heteroatoms. The average Bonchev–Trinajstić information content (AvgIpc) is 2.50. The Bertz CT molecular complexity index is 251. The van der Waals surface area contributed by atoms with Gasteiger partial charge in [-0.05, 0) is 40.2 Å². The lowest BCUT2D eigenvalue weighted by Gasteiger charge is -2.18. The van der Waals surface area contributed by atoms with Crippen molar-refractivity contribution >= 4 is 12.1 Å². The molecule has 5 nitrogen and oxygen atoms in total. The number of hydrogen-bond acceptors (Lipinski definition) is 5. The zero-order valence-corrected chi connectivity index (χ0v) is 9.33. The highest BCUT2D eigenvalue weighted by atomic mass is 16.7. The van der Waals surface area contributed by atoms with Crippen LogP contribution < -0.4 is 5.32 Å². The minimum absolute atomic E-state index is 0.363. The number of nitrogens with one attached hydrogen (secondary N) is 1. The summed E-state index contributed by atoms with van der Waals surface area (Å²) in [5.74, 6) is -0.554. The molecule has 1 saturated heterocycles. The van der Waals surface area contributed by atoms with Crippen LogP contribution in [-0.4, -0.2) is 30.3 Å². The smallest absolute Gasteiger partial charge is 0.428 e. The van der Waals surface area contributed by atoms with Crippen LogP contribution in [-0.2, 0) is 14.3 Å². The molecule has 0 aromatic heterocycles. The molecule has 0 bridgehead atoms. The highest BCUT2D eigenvalue weighted by molar-refractivity contribution is 5.85. The van der Waals surface area contributed by atoms with Crippen molar-refractivity contribution in [2.45, 2.75) is 45.3 Å². The van der Waals surface area contributed by atoms with Crippen molar-refractivity contribution in [1.82, 2.24) is 5.32 Å². The molecule has 1 atom stereocenters. The molecular formula is C10H17NO4. The summed E-state index contributed by atoms with van der Waals surface area (Å²) < 4.78 is 9.41. The molecule has 86 valence electrons. The van der Waals surface area contributed by atoms with Crippen LogP contribution in [0.15, 0.2) is 0 Å². The van der Waals surface area contributed by atoms with Gasteiger partial charge in [-0.3, -0.25) is 0 Å². The van der Waals surface area contributed by atoms with Crippen LogP contribution in [0.25, 0.3) is 0 Å². The van der Waals surface area contributed by atoms with Crippen molar-refractivity contribution in [3.63, 3.8) is 0 Å². The first kappa shape index (κ1) is 12.0. The Morgan fingerprint density at radius 3 is 2.47 bits per heavy atom. The molecule has 0 aromatic carbocycles. The first-order valence-corrected chi connectivity index (χ1v) is 5.06. The number of carbonyl (C=O) groups is 2. The van der Waals surface area contributed by atoms with Crippen LogP contribution in [0.1, 0.15) is 33.6 Å². The maximum atomic E-state index is 11.4. The second-order valence-electron chi connectivity index (χ2n) is 4.53. The van der Waals surface area contributed by atoms with Crippen molar-refractivity contribution in [3.05, 3.63) is 0 Å². The van der Waals surface area contributed by atoms with Gasteiger partial charge in [0.05, 0.1) is 0 Å². The predicted octanol–water partition coefficient (Wildman–Crippen LogP) is 1.22. The van der Waals surface area contributed by atoms with Gasteiger partial charge < -0.3 is 14.8 Å². The molecule has 0 radical (unpaired) electrons. The van der Waals surface area contributed by atoms with Crippen molar-refractivity contribution in [1.29, 1.82) is 0 Å². The van der Waals surface area contributed by atoms with E-state index in [0.717, 1.165) is 13.0 Å². The minimum Gasteiger partial charge on any atom is -0.428 e. The fourth-order valence-corrected chi connectivity index (χ4v) is 1.31. The highest BCUT2D eigenvalue weighted by Gasteiger charge is 2.27. The Labute approximate surface area is 89.1 Å². The monoisotopic (exact) mass is 215 g/mol. The van der Waals surface area contributed by atoms with Crippen LogP contribution in [0, 0.1) is 0 Å². The van der Waals surface area contributed by atoms with Gasteiger partial charge in [-0.1, -0.05) is 0 Å². The number of hydrogen-bond donors (Lipinski definition) is 1. The number of carbonyl (C=O) groups excluding carboxylic acids is 2. The van der Waals surface area contributed by atoms with Crippen LogP contribution in [0.3, 0.4) is 0 Å². The van der Waals surface area contributed by atoms with E-state index in [1.807, 2.05) is 0 Å². The lowest BCUT2D eigenvalue weighted by molar-refractivity contribution is -0.143. The molecular weight excluding hydrogens is 198 g/mol. The van der Waals surface area contributed by atoms with E-state index in [4.69, 9.17) is 4.74 Å². The zero-order chi connectivity index (χ0) is 11.5. The summed E-state index contributed by atoms with van der Waals surface area (Å²) in [5.41, 5.74) is -0.638. The van der Waals surface area contributed by atoms with Crippen LogP contribution >= 0.6 is 0 Å². The van der Waals surface area contributed by atoms with E-state index >= 15 is 0 Å². The van der Waals surface area contributed by atoms with Gasteiger partial charge >= 0.3 is 12.1 Å². The molecule has 1 rings (SSSR count). The van der Waals surface area contributed by atoms with Crippen molar-refractivity contribution in [2.24, 2.45) is 0 Å².